The van der Waals surface area contributed by atoms with Crippen molar-refractivity contribution in [2.75, 3.05) is 10.6 Å². The van der Waals surface area contributed by atoms with Gasteiger partial charge >= 0.3 is 12.2 Å². The number of fused-ring (bicyclic) bond motifs is 1. The molecule has 0 unspecified atom stereocenters. The zero-order valence-corrected chi connectivity index (χ0v) is 16.0. The molecule has 0 aliphatic rings. The van der Waals surface area contributed by atoms with Crippen LogP contribution in [0.3, 0.4) is 0 Å². The molecule has 4 rings (SSSR count). The number of aromatic amines is 1. The molecule has 0 atom stereocenters. The number of carbonyl (C=O) groups is 1. The van der Waals surface area contributed by atoms with E-state index in [0.717, 1.165) is 23.3 Å². The second kappa shape index (κ2) is 7.72. The molecule has 3 N–H and O–H groups in total. The highest BCUT2D eigenvalue weighted by Crippen LogP contribution is 2.32. The van der Waals surface area contributed by atoms with Gasteiger partial charge in [-0.3, -0.25) is 0 Å². The molecule has 0 fully saturated rings. The van der Waals surface area contributed by atoms with Crippen LogP contribution >= 0.6 is 11.6 Å². The van der Waals surface area contributed by atoms with Gasteiger partial charge in [0.1, 0.15) is 5.65 Å². The van der Waals surface area contributed by atoms with Gasteiger partial charge in [-0.25, -0.2) is 9.78 Å². The number of nitrogens with zero attached hydrogens (tertiary/aromatic N) is 1. The summed E-state index contributed by atoms with van der Waals surface area (Å²) >= 11 is 6.25. The lowest BCUT2D eigenvalue weighted by atomic mass is 10.1. The second-order valence-electron chi connectivity index (χ2n) is 6.46. The summed E-state index contributed by atoms with van der Waals surface area (Å²) < 4.78 is 37.9. The Morgan fingerprint density at radius 1 is 1.03 bits per heavy atom. The number of hydrogen-bond acceptors (Lipinski definition) is 2. The maximum absolute atomic E-state index is 12.6. The van der Waals surface area contributed by atoms with Crippen LogP contribution in [0.15, 0.2) is 67.0 Å². The van der Waals surface area contributed by atoms with Crippen molar-refractivity contribution < 1.29 is 18.0 Å². The molecule has 0 radical (unpaired) electrons. The molecule has 0 spiro atoms. The van der Waals surface area contributed by atoms with Gasteiger partial charge in [0.05, 0.1) is 11.3 Å². The lowest BCUT2D eigenvalue weighted by molar-refractivity contribution is -0.137. The summed E-state index contributed by atoms with van der Waals surface area (Å²) in [6.07, 6.45) is -1.18. The van der Waals surface area contributed by atoms with E-state index in [-0.39, 0.29) is 5.69 Å². The highest BCUT2D eigenvalue weighted by atomic mass is 35.5. The number of pyridine rings is 1. The minimum Gasteiger partial charge on any atom is -0.344 e. The molecule has 0 aliphatic carbocycles. The molecule has 0 bridgehead atoms. The Bertz CT molecular complexity index is 1220. The molecule has 30 heavy (non-hydrogen) atoms. The zero-order chi connectivity index (χ0) is 21.3. The second-order valence-corrected chi connectivity index (χ2v) is 6.86. The number of urea groups is 1. The molecule has 2 heterocycles. The normalized spacial score (nSPS) is 11.5. The predicted molar refractivity (Wildman–Crippen MR) is 111 cm³/mol. The molecule has 0 saturated carbocycles. The van der Waals surface area contributed by atoms with E-state index >= 15 is 0 Å². The van der Waals surface area contributed by atoms with E-state index < -0.39 is 17.8 Å². The topological polar surface area (TPSA) is 69.8 Å². The molecule has 2 amide bonds. The highest BCUT2D eigenvalue weighted by molar-refractivity contribution is 6.33. The molecule has 9 heteroatoms. The van der Waals surface area contributed by atoms with Gasteiger partial charge in [0, 0.05) is 39.6 Å². The Hall–Kier alpha value is -3.52. The van der Waals surface area contributed by atoms with Crippen LogP contribution in [0, 0.1) is 0 Å². The van der Waals surface area contributed by atoms with Crippen molar-refractivity contribution >= 4 is 40.0 Å². The van der Waals surface area contributed by atoms with Gasteiger partial charge in [0.15, 0.2) is 0 Å². The number of halogens is 4. The largest absolute Gasteiger partial charge is 0.416 e. The van der Waals surface area contributed by atoms with Crippen molar-refractivity contribution in [1.82, 2.24) is 9.97 Å². The summed E-state index contributed by atoms with van der Waals surface area (Å²) in [6.45, 7) is 0. The molecule has 2 aromatic heterocycles. The molecule has 4 aromatic rings. The Morgan fingerprint density at radius 3 is 2.47 bits per heavy atom. The molecular weight excluding hydrogens is 417 g/mol. The maximum Gasteiger partial charge on any atom is 0.416 e. The first-order valence-electron chi connectivity index (χ1n) is 8.78. The molecule has 0 saturated heterocycles. The van der Waals surface area contributed by atoms with Gasteiger partial charge in [0.2, 0.25) is 0 Å². The number of alkyl halides is 3. The van der Waals surface area contributed by atoms with Gasteiger partial charge in [-0.2, -0.15) is 13.2 Å². The number of H-pyrrole nitrogens is 1. The zero-order valence-electron chi connectivity index (χ0n) is 15.2. The van der Waals surface area contributed by atoms with Gasteiger partial charge in [-0.05, 0) is 36.4 Å². The third-order valence-electron chi connectivity index (χ3n) is 4.43. The number of nitrogens with one attached hydrogen (secondary N) is 3. The predicted octanol–water partition coefficient (Wildman–Crippen LogP) is 6.55. The van der Waals surface area contributed by atoms with Gasteiger partial charge in [-0.15, -0.1) is 0 Å². The van der Waals surface area contributed by atoms with Crippen molar-refractivity contribution in [3.8, 4) is 11.1 Å². The standard InChI is InChI=1S/C21H14ClF3N4O/c22-17-4-2-1-3-15(17)12-9-16-18(11-27-19(16)26-10-12)29-20(30)28-14-7-5-13(6-8-14)21(23,24)25/h1-11H,(H,26,27)(H2,28,29,30). The molecular formula is C21H14ClF3N4O. The minimum absolute atomic E-state index is 0.232. The average molecular weight is 431 g/mol. The van der Waals surface area contributed by atoms with Crippen LogP contribution in [-0.4, -0.2) is 16.0 Å². The summed E-state index contributed by atoms with van der Waals surface area (Å²) in [5.41, 5.74) is 2.05. The van der Waals surface area contributed by atoms with Crippen LogP contribution in [0.2, 0.25) is 5.02 Å². The SMILES string of the molecule is O=C(Nc1ccc(C(F)(F)F)cc1)Nc1c[nH]c2ncc(-c3ccccc3Cl)cc12. The summed E-state index contributed by atoms with van der Waals surface area (Å²) in [5.74, 6) is 0. The number of aromatic nitrogens is 2. The van der Waals surface area contributed by atoms with Gasteiger partial charge in [-0.1, -0.05) is 29.8 Å². The fourth-order valence-electron chi connectivity index (χ4n) is 2.98. The van der Waals surface area contributed by atoms with Crippen molar-refractivity contribution in [2.24, 2.45) is 0 Å². The van der Waals surface area contributed by atoms with Crippen molar-refractivity contribution in [1.29, 1.82) is 0 Å². The van der Waals surface area contributed by atoms with E-state index in [2.05, 4.69) is 20.6 Å². The van der Waals surface area contributed by atoms with Crippen LogP contribution in [0.25, 0.3) is 22.2 Å². The monoisotopic (exact) mass is 430 g/mol. The van der Waals surface area contributed by atoms with E-state index in [1.54, 1.807) is 18.5 Å². The first kappa shape index (κ1) is 19.8. The summed E-state index contributed by atoms with van der Waals surface area (Å²) in [7, 11) is 0. The van der Waals surface area contributed by atoms with E-state index in [4.69, 9.17) is 11.6 Å². The highest BCUT2D eigenvalue weighted by Gasteiger charge is 2.30. The number of benzene rings is 2. The van der Waals surface area contributed by atoms with Crippen LogP contribution < -0.4 is 10.6 Å². The van der Waals surface area contributed by atoms with Crippen LogP contribution in [0.1, 0.15) is 5.56 Å². The quantitative estimate of drug-likeness (QED) is 0.345. The van der Waals surface area contributed by atoms with Crippen LogP contribution in [-0.2, 0) is 6.18 Å². The van der Waals surface area contributed by atoms with Crippen molar-refractivity contribution in [2.45, 2.75) is 6.18 Å². The fraction of sp³-hybridized carbons (Fsp3) is 0.0476. The summed E-state index contributed by atoms with van der Waals surface area (Å²) in [4.78, 5) is 19.6. The number of amides is 2. The lowest BCUT2D eigenvalue weighted by Gasteiger charge is -2.10. The van der Waals surface area contributed by atoms with Gasteiger partial charge < -0.3 is 15.6 Å². The van der Waals surface area contributed by atoms with Crippen LogP contribution in [0.5, 0.6) is 0 Å². The summed E-state index contributed by atoms with van der Waals surface area (Å²) in [6, 6.07) is 12.8. The van der Waals surface area contributed by atoms with E-state index in [0.29, 0.717) is 21.7 Å². The first-order valence-corrected chi connectivity index (χ1v) is 9.16. The van der Waals surface area contributed by atoms with Crippen LogP contribution in [0.4, 0.5) is 29.3 Å². The Kier molecular flexibility index (Phi) is 5.09. The third-order valence-corrected chi connectivity index (χ3v) is 4.76. The Labute approximate surface area is 173 Å². The molecule has 2 aromatic carbocycles. The number of rotatable bonds is 3. The van der Waals surface area contributed by atoms with E-state index in [1.165, 1.54) is 12.1 Å². The first-order chi connectivity index (χ1) is 14.3. The average Bonchev–Trinajstić information content (AvgIpc) is 3.10. The fourth-order valence-corrected chi connectivity index (χ4v) is 3.22. The smallest absolute Gasteiger partial charge is 0.344 e. The number of carbonyl (C=O) groups excluding carboxylic acids is 1. The molecule has 0 aliphatic heterocycles. The Balaban J connectivity index is 1.54. The Morgan fingerprint density at radius 2 is 1.77 bits per heavy atom. The van der Waals surface area contributed by atoms with E-state index in [9.17, 15) is 18.0 Å². The summed E-state index contributed by atoms with van der Waals surface area (Å²) in [5, 5.41) is 6.42. The molecule has 152 valence electrons. The lowest BCUT2D eigenvalue weighted by Crippen LogP contribution is -2.19. The maximum atomic E-state index is 12.6. The minimum atomic E-state index is -4.43. The van der Waals surface area contributed by atoms with Gasteiger partial charge in [0.25, 0.3) is 0 Å². The molecule has 5 nitrogen and oxygen atoms in total. The van der Waals surface area contributed by atoms with E-state index in [1.807, 2.05) is 24.3 Å². The van der Waals surface area contributed by atoms with Crippen molar-refractivity contribution in [3.63, 3.8) is 0 Å². The number of hydrogen-bond donors (Lipinski definition) is 3. The number of anilines is 2. The third kappa shape index (κ3) is 4.08. The van der Waals surface area contributed by atoms with Crippen molar-refractivity contribution in [3.05, 3.63) is 77.6 Å².